The molecule has 1 heterocycles. The normalized spacial score (nSPS) is 14.4. The van der Waals surface area contributed by atoms with Gasteiger partial charge in [-0.1, -0.05) is 0 Å². The average molecular weight is 413 g/mol. The third-order valence-electron chi connectivity index (χ3n) is 4.45. The van der Waals surface area contributed by atoms with E-state index in [1.54, 1.807) is 19.1 Å². The SMILES string of the molecule is CCOC(=O)CCOc1ccc(/C(O)=C2\C(=O)N(C(C)=O)c3cc(F)ccc32)cc1. The van der Waals surface area contributed by atoms with E-state index in [0.717, 1.165) is 17.0 Å². The molecule has 1 N–H and O–H groups in total. The number of hydrogen-bond donors (Lipinski definition) is 1. The molecule has 1 aliphatic rings. The van der Waals surface area contributed by atoms with Gasteiger partial charge in [-0.15, -0.1) is 0 Å². The number of imide groups is 1. The number of hydrogen-bond acceptors (Lipinski definition) is 6. The highest BCUT2D eigenvalue weighted by molar-refractivity contribution is 6.42. The van der Waals surface area contributed by atoms with Crippen molar-refractivity contribution in [2.45, 2.75) is 20.3 Å². The third kappa shape index (κ3) is 4.17. The van der Waals surface area contributed by atoms with E-state index in [9.17, 15) is 23.9 Å². The van der Waals surface area contributed by atoms with Crippen molar-refractivity contribution in [3.63, 3.8) is 0 Å². The van der Waals surface area contributed by atoms with Gasteiger partial charge in [0.1, 0.15) is 17.3 Å². The first-order chi connectivity index (χ1) is 14.3. The van der Waals surface area contributed by atoms with E-state index in [2.05, 4.69) is 0 Å². The van der Waals surface area contributed by atoms with Gasteiger partial charge < -0.3 is 14.6 Å². The molecule has 0 saturated carbocycles. The van der Waals surface area contributed by atoms with E-state index in [1.807, 2.05) is 0 Å². The lowest BCUT2D eigenvalue weighted by Crippen LogP contribution is -2.31. The Morgan fingerprint density at radius 1 is 1.13 bits per heavy atom. The number of carbonyl (C=O) groups is 3. The number of nitrogens with zero attached hydrogens (tertiary/aromatic N) is 1. The maximum absolute atomic E-state index is 13.6. The predicted octanol–water partition coefficient (Wildman–Crippen LogP) is 3.48. The molecule has 1 aliphatic heterocycles. The Balaban J connectivity index is 1.85. The molecule has 2 aromatic carbocycles. The molecule has 2 amide bonds. The summed E-state index contributed by atoms with van der Waals surface area (Å²) < 4.78 is 23.9. The van der Waals surface area contributed by atoms with Crippen LogP contribution in [0.15, 0.2) is 42.5 Å². The Morgan fingerprint density at radius 2 is 1.83 bits per heavy atom. The van der Waals surface area contributed by atoms with E-state index in [0.29, 0.717) is 17.9 Å². The van der Waals surface area contributed by atoms with Crippen molar-refractivity contribution in [2.24, 2.45) is 0 Å². The molecule has 30 heavy (non-hydrogen) atoms. The lowest BCUT2D eigenvalue weighted by atomic mass is 10.0. The van der Waals surface area contributed by atoms with Crippen LogP contribution in [0.2, 0.25) is 0 Å². The number of rotatable bonds is 6. The number of aliphatic hydroxyl groups excluding tert-OH is 1. The van der Waals surface area contributed by atoms with Crippen molar-refractivity contribution in [3.05, 3.63) is 59.4 Å². The molecule has 0 fully saturated rings. The van der Waals surface area contributed by atoms with Gasteiger partial charge in [0.15, 0.2) is 0 Å². The second-order valence-corrected chi connectivity index (χ2v) is 6.47. The summed E-state index contributed by atoms with van der Waals surface area (Å²) in [5.41, 5.74) is 0.588. The lowest BCUT2D eigenvalue weighted by Gasteiger charge is -2.12. The minimum Gasteiger partial charge on any atom is -0.506 e. The van der Waals surface area contributed by atoms with Crippen molar-refractivity contribution >= 4 is 34.8 Å². The molecule has 0 radical (unpaired) electrons. The zero-order valence-electron chi connectivity index (χ0n) is 16.5. The van der Waals surface area contributed by atoms with Crippen LogP contribution in [-0.4, -0.2) is 36.1 Å². The molecule has 0 spiro atoms. The van der Waals surface area contributed by atoms with Gasteiger partial charge in [0.2, 0.25) is 5.91 Å². The summed E-state index contributed by atoms with van der Waals surface area (Å²) in [7, 11) is 0. The summed E-state index contributed by atoms with van der Waals surface area (Å²) in [6.45, 7) is 3.35. The molecule has 0 aromatic heterocycles. The molecular formula is C22H20FNO6. The Bertz CT molecular complexity index is 1030. The van der Waals surface area contributed by atoms with Crippen LogP contribution in [0.4, 0.5) is 10.1 Å². The summed E-state index contributed by atoms with van der Waals surface area (Å²) >= 11 is 0. The quantitative estimate of drug-likeness (QED) is 0.443. The minimum absolute atomic E-state index is 0.0869. The zero-order valence-corrected chi connectivity index (χ0v) is 16.5. The number of benzene rings is 2. The maximum atomic E-state index is 13.6. The second kappa shape index (κ2) is 8.77. The minimum atomic E-state index is -0.727. The first-order valence-electron chi connectivity index (χ1n) is 9.30. The monoisotopic (exact) mass is 413 g/mol. The molecule has 7 nitrogen and oxygen atoms in total. The highest BCUT2D eigenvalue weighted by atomic mass is 19.1. The van der Waals surface area contributed by atoms with Gasteiger partial charge in [-0.25, -0.2) is 9.29 Å². The van der Waals surface area contributed by atoms with E-state index < -0.39 is 17.6 Å². The molecule has 2 aromatic rings. The standard InChI is InChI=1S/C22H20FNO6/c1-3-29-19(26)10-11-30-16-7-4-14(5-8-16)21(27)20-17-9-6-15(23)12-18(17)24(13(2)25)22(20)28/h4-9,12,27H,3,10-11H2,1-2H3/b21-20+. The molecule has 8 heteroatoms. The van der Waals surface area contributed by atoms with E-state index in [4.69, 9.17) is 9.47 Å². The van der Waals surface area contributed by atoms with Crippen LogP contribution < -0.4 is 9.64 Å². The Morgan fingerprint density at radius 3 is 2.47 bits per heavy atom. The Kier molecular flexibility index (Phi) is 6.15. The van der Waals surface area contributed by atoms with Gasteiger partial charge in [-0.2, -0.15) is 0 Å². The first kappa shape index (κ1) is 21.0. The highest BCUT2D eigenvalue weighted by Crippen LogP contribution is 2.40. The molecular weight excluding hydrogens is 393 g/mol. The average Bonchev–Trinajstić information content (AvgIpc) is 2.99. The molecule has 3 rings (SSSR count). The van der Waals surface area contributed by atoms with Gasteiger partial charge in [0, 0.05) is 18.1 Å². The summed E-state index contributed by atoms with van der Waals surface area (Å²) in [5, 5.41) is 10.7. The number of anilines is 1. The molecule has 0 aliphatic carbocycles. The summed E-state index contributed by atoms with van der Waals surface area (Å²) in [4.78, 5) is 36.8. The van der Waals surface area contributed by atoms with Crippen LogP contribution >= 0.6 is 0 Å². The van der Waals surface area contributed by atoms with Gasteiger partial charge in [-0.05, 0) is 49.4 Å². The Labute approximate surface area is 172 Å². The molecule has 0 unspecified atom stereocenters. The van der Waals surface area contributed by atoms with E-state index >= 15 is 0 Å². The fourth-order valence-electron chi connectivity index (χ4n) is 3.12. The van der Waals surface area contributed by atoms with Crippen LogP contribution in [0, 0.1) is 5.82 Å². The largest absolute Gasteiger partial charge is 0.506 e. The van der Waals surface area contributed by atoms with Crippen molar-refractivity contribution in [2.75, 3.05) is 18.1 Å². The molecule has 0 bridgehead atoms. The summed E-state index contributed by atoms with van der Waals surface area (Å²) in [5.74, 6) is -2.14. The molecule has 0 atom stereocenters. The number of amides is 2. The van der Waals surface area contributed by atoms with Gasteiger partial charge in [-0.3, -0.25) is 14.4 Å². The number of carbonyl (C=O) groups excluding carboxylic acids is 3. The van der Waals surface area contributed by atoms with Crippen LogP contribution in [-0.2, 0) is 19.1 Å². The van der Waals surface area contributed by atoms with Crippen molar-refractivity contribution < 1.29 is 33.4 Å². The predicted molar refractivity (Wildman–Crippen MR) is 107 cm³/mol. The maximum Gasteiger partial charge on any atom is 0.309 e. The fourth-order valence-corrected chi connectivity index (χ4v) is 3.12. The number of aliphatic hydroxyl groups is 1. The smallest absolute Gasteiger partial charge is 0.309 e. The van der Waals surface area contributed by atoms with E-state index in [-0.39, 0.29) is 41.6 Å². The van der Waals surface area contributed by atoms with Gasteiger partial charge >= 0.3 is 5.97 Å². The second-order valence-electron chi connectivity index (χ2n) is 6.47. The highest BCUT2D eigenvalue weighted by Gasteiger charge is 2.38. The first-order valence-corrected chi connectivity index (χ1v) is 9.30. The zero-order chi connectivity index (χ0) is 21.8. The fraction of sp³-hybridized carbons (Fsp3) is 0.227. The van der Waals surface area contributed by atoms with Crippen molar-refractivity contribution in [3.8, 4) is 5.75 Å². The van der Waals surface area contributed by atoms with Gasteiger partial charge in [0.25, 0.3) is 5.91 Å². The van der Waals surface area contributed by atoms with Crippen LogP contribution in [0.5, 0.6) is 5.75 Å². The lowest BCUT2D eigenvalue weighted by molar-refractivity contribution is -0.143. The topological polar surface area (TPSA) is 93.1 Å². The number of ether oxygens (including phenoxy) is 2. The molecule has 0 saturated heterocycles. The summed E-state index contributed by atoms with van der Waals surface area (Å²) in [6.07, 6.45) is 0.105. The number of fused-ring (bicyclic) bond motifs is 1. The molecule has 156 valence electrons. The van der Waals surface area contributed by atoms with Crippen LogP contribution in [0.25, 0.3) is 11.3 Å². The van der Waals surface area contributed by atoms with Gasteiger partial charge in [0.05, 0.1) is 30.9 Å². The van der Waals surface area contributed by atoms with Crippen LogP contribution in [0.3, 0.4) is 0 Å². The van der Waals surface area contributed by atoms with E-state index in [1.165, 1.54) is 25.1 Å². The van der Waals surface area contributed by atoms with Crippen LogP contribution in [0.1, 0.15) is 31.4 Å². The number of esters is 1. The Hall–Kier alpha value is -3.68. The number of halogens is 1. The van der Waals surface area contributed by atoms with Crippen molar-refractivity contribution in [1.82, 2.24) is 0 Å². The third-order valence-corrected chi connectivity index (χ3v) is 4.45. The summed E-state index contributed by atoms with van der Waals surface area (Å²) in [6, 6.07) is 9.81. The van der Waals surface area contributed by atoms with Crippen molar-refractivity contribution in [1.29, 1.82) is 0 Å².